The van der Waals surface area contributed by atoms with Crippen molar-refractivity contribution in [3.63, 3.8) is 0 Å². The maximum atomic E-state index is 13.4. The SMILES string of the molecule is CCCCN1C(=O)[C@H](CC(C)C)NC(=O)C12CCN(Cc1ccc([C@@H](O)c3ccccc3)cc1)CC2.Cl. The van der Waals surface area contributed by atoms with Crippen LogP contribution < -0.4 is 5.32 Å². The Balaban J connectivity index is 0.00000380. The van der Waals surface area contributed by atoms with Gasteiger partial charge in [0.05, 0.1) is 0 Å². The van der Waals surface area contributed by atoms with Gasteiger partial charge in [-0.05, 0) is 48.3 Å². The summed E-state index contributed by atoms with van der Waals surface area (Å²) in [6.45, 7) is 9.29. The number of aliphatic hydroxyl groups is 1. The maximum Gasteiger partial charge on any atom is 0.246 e. The molecule has 7 heteroatoms. The minimum atomic E-state index is -0.722. The molecule has 4 rings (SSSR count). The lowest BCUT2D eigenvalue weighted by molar-refractivity contribution is -0.161. The molecule has 2 aromatic rings. The van der Waals surface area contributed by atoms with Crippen LogP contribution in [-0.4, -0.2) is 57.9 Å². The number of halogens is 1. The van der Waals surface area contributed by atoms with Crippen LogP contribution in [0.25, 0.3) is 0 Å². The van der Waals surface area contributed by atoms with Crippen LogP contribution in [0.3, 0.4) is 0 Å². The molecule has 2 aliphatic rings. The molecular formula is C30H42ClN3O3. The van der Waals surface area contributed by atoms with Crippen molar-refractivity contribution in [3.8, 4) is 0 Å². The smallest absolute Gasteiger partial charge is 0.246 e. The zero-order valence-corrected chi connectivity index (χ0v) is 23.2. The average molecular weight is 528 g/mol. The van der Waals surface area contributed by atoms with E-state index in [1.165, 1.54) is 5.56 Å². The Morgan fingerprint density at radius 3 is 2.22 bits per heavy atom. The standard InChI is InChI=1S/C30H41N3O3.ClH/c1-4-5-17-33-28(35)26(20-22(2)3)31-29(36)30(33)15-18-32(19-16-30)21-23-11-13-25(14-12-23)27(34)24-9-7-6-8-10-24;/h6-14,22,26-27,34H,4-5,15-21H2,1-3H3,(H,31,36);1H/t26-,27-;/m0./s1. The van der Waals surface area contributed by atoms with Gasteiger partial charge in [0, 0.05) is 26.2 Å². The number of unbranched alkanes of at least 4 members (excludes halogenated alkanes) is 1. The molecule has 2 fully saturated rings. The molecule has 0 radical (unpaired) electrons. The molecule has 0 saturated carbocycles. The van der Waals surface area contributed by atoms with E-state index in [0.29, 0.717) is 31.7 Å². The van der Waals surface area contributed by atoms with Crippen molar-refractivity contribution in [1.82, 2.24) is 15.1 Å². The number of nitrogens with zero attached hydrogens (tertiary/aromatic N) is 2. The van der Waals surface area contributed by atoms with Crippen LogP contribution in [0, 0.1) is 5.92 Å². The number of piperazine rings is 1. The molecule has 2 heterocycles. The minimum Gasteiger partial charge on any atom is -0.384 e. The predicted molar refractivity (Wildman–Crippen MR) is 149 cm³/mol. The molecular weight excluding hydrogens is 486 g/mol. The Morgan fingerprint density at radius 1 is 1.00 bits per heavy atom. The molecule has 2 atom stereocenters. The van der Waals surface area contributed by atoms with Gasteiger partial charge in [0.15, 0.2) is 0 Å². The fourth-order valence-corrected chi connectivity index (χ4v) is 5.62. The van der Waals surface area contributed by atoms with Crippen LogP contribution in [0.4, 0.5) is 0 Å². The predicted octanol–water partition coefficient (Wildman–Crippen LogP) is 4.70. The van der Waals surface area contributed by atoms with E-state index in [0.717, 1.165) is 43.6 Å². The molecule has 2 aromatic carbocycles. The number of hydrogen-bond donors (Lipinski definition) is 2. The highest BCUT2D eigenvalue weighted by Gasteiger charge is 2.53. The Morgan fingerprint density at radius 2 is 1.62 bits per heavy atom. The van der Waals surface area contributed by atoms with E-state index in [1.54, 1.807) is 0 Å². The molecule has 0 unspecified atom stereocenters. The highest BCUT2D eigenvalue weighted by Crippen LogP contribution is 2.35. The lowest BCUT2D eigenvalue weighted by Crippen LogP contribution is -2.73. The molecule has 2 saturated heterocycles. The zero-order valence-electron chi connectivity index (χ0n) is 22.4. The second-order valence-corrected chi connectivity index (χ2v) is 10.9. The van der Waals surface area contributed by atoms with Crippen molar-refractivity contribution in [2.75, 3.05) is 19.6 Å². The second kappa shape index (κ2) is 12.9. The highest BCUT2D eigenvalue weighted by molar-refractivity contribution is 6.00. The summed E-state index contributed by atoms with van der Waals surface area (Å²) in [6, 6.07) is 17.4. The van der Waals surface area contributed by atoms with E-state index in [4.69, 9.17) is 0 Å². The Bertz CT molecular complexity index is 1020. The number of rotatable bonds is 9. The van der Waals surface area contributed by atoms with Gasteiger partial charge < -0.3 is 15.3 Å². The molecule has 6 nitrogen and oxygen atoms in total. The van der Waals surface area contributed by atoms with Crippen LogP contribution in [0.1, 0.15) is 75.7 Å². The van der Waals surface area contributed by atoms with Crippen LogP contribution in [0.2, 0.25) is 0 Å². The van der Waals surface area contributed by atoms with Crippen molar-refractivity contribution >= 4 is 24.2 Å². The highest BCUT2D eigenvalue weighted by atomic mass is 35.5. The van der Waals surface area contributed by atoms with Gasteiger partial charge in [-0.15, -0.1) is 12.4 Å². The topological polar surface area (TPSA) is 72.9 Å². The van der Waals surface area contributed by atoms with Crippen molar-refractivity contribution in [2.45, 2.75) is 77.1 Å². The molecule has 1 spiro atoms. The van der Waals surface area contributed by atoms with Gasteiger partial charge in [-0.1, -0.05) is 81.8 Å². The van der Waals surface area contributed by atoms with Crippen LogP contribution in [0.15, 0.2) is 54.6 Å². The first-order valence-corrected chi connectivity index (χ1v) is 13.5. The number of nitrogens with one attached hydrogen (secondary N) is 1. The van der Waals surface area contributed by atoms with Gasteiger partial charge in [0.1, 0.15) is 17.7 Å². The first-order valence-electron chi connectivity index (χ1n) is 13.5. The summed E-state index contributed by atoms with van der Waals surface area (Å²) in [6.07, 6.45) is 3.29. The number of piperidine rings is 1. The number of aliphatic hydroxyl groups excluding tert-OH is 1. The van der Waals surface area contributed by atoms with Crippen molar-refractivity contribution in [3.05, 3.63) is 71.3 Å². The largest absolute Gasteiger partial charge is 0.384 e. The summed E-state index contributed by atoms with van der Waals surface area (Å²) in [5.74, 6) is 0.476. The average Bonchev–Trinajstić information content (AvgIpc) is 2.89. The van der Waals surface area contributed by atoms with Crippen molar-refractivity contribution in [2.24, 2.45) is 5.92 Å². The number of amides is 2. The first kappa shape index (κ1) is 29.2. The summed E-state index contributed by atoms with van der Waals surface area (Å²) in [4.78, 5) is 31.1. The van der Waals surface area contributed by atoms with Crippen LogP contribution >= 0.6 is 12.4 Å². The Kier molecular flexibility index (Phi) is 10.2. The van der Waals surface area contributed by atoms with Gasteiger partial charge in [-0.3, -0.25) is 14.5 Å². The quantitative estimate of drug-likeness (QED) is 0.496. The van der Waals surface area contributed by atoms with Crippen LogP contribution in [-0.2, 0) is 16.1 Å². The third-order valence-electron chi connectivity index (χ3n) is 7.75. The zero-order chi connectivity index (χ0) is 25.7. The second-order valence-electron chi connectivity index (χ2n) is 10.9. The van der Waals surface area contributed by atoms with E-state index < -0.39 is 17.7 Å². The van der Waals surface area contributed by atoms with E-state index in [2.05, 4.69) is 43.1 Å². The van der Waals surface area contributed by atoms with Crippen molar-refractivity contribution < 1.29 is 14.7 Å². The summed E-state index contributed by atoms with van der Waals surface area (Å²) in [5, 5.41) is 13.8. The molecule has 0 bridgehead atoms. The fourth-order valence-electron chi connectivity index (χ4n) is 5.62. The van der Waals surface area contributed by atoms with Crippen LogP contribution in [0.5, 0.6) is 0 Å². The minimum absolute atomic E-state index is 0. The monoisotopic (exact) mass is 527 g/mol. The number of benzene rings is 2. The molecule has 2 amide bonds. The number of carbonyl (C=O) groups excluding carboxylic acids is 2. The van der Waals surface area contributed by atoms with Gasteiger partial charge in [0.25, 0.3) is 0 Å². The lowest BCUT2D eigenvalue weighted by Gasteiger charge is -2.52. The summed E-state index contributed by atoms with van der Waals surface area (Å²) in [5.41, 5.74) is 2.22. The Hall–Kier alpha value is -2.41. The third kappa shape index (κ3) is 6.54. The summed E-state index contributed by atoms with van der Waals surface area (Å²) < 4.78 is 0. The molecule has 2 N–H and O–H groups in total. The van der Waals surface area contributed by atoms with Gasteiger partial charge >= 0.3 is 0 Å². The van der Waals surface area contributed by atoms with E-state index in [1.807, 2.05) is 47.4 Å². The summed E-state index contributed by atoms with van der Waals surface area (Å²) >= 11 is 0. The molecule has 2 aliphatic heterocycles. The van der Waals surface area contributed by atoms with Gasteiger partial charge in [-0.25, -0.2) is 0 Å². The first-order chi connectivity index (χ1) is 17.3. The van der Waals surface area contributed by atoms with E-state index in [-0.39, 0.29) is 24.2 Å². The van der Waals surface area contributed by atoms with Crippen molar-refractivity contribution in [1.29, 1.82) is 0 Å². The number of hydrogen-bond acceptors (Lipinski definition) is 4. The maximum absolute atomic E-state index is 13.4. The molecule has 202 valence electrons. The van der Waals surface area contributed by atoms with E-state index >= 15 is 0 Å². The fraction of sp³-hybridized carbons (Fsp3) is 0.533. The van der Waals surface area contributed by atoms with Gasteiger partial charge in [0.2, 0.25) is 11.8 Å². The third-order valence-corrected chi connectivity index (χ3v) is 7.75. The lowest BCUT2D eigenvalue weighted by atomic mass is 9.80. The number of likely N-dealkylation sites (tertiary alicyclic amines) is 1. The number of carbonyl (C=O) groups is 2. The normalized spacial score (nSPS) is 20.6. The van der Waals surface area contributed by atoms with Gasteiger partial charge in [-0.2, -0.15) is 0 Å². The van der Waals surface area contributed by atoms with E-state index in [9.17, 15) is 14.7 Å². The molecule has 0 aliphatic carbocycles. The summed E-state index contributed by atoms with van der Waals surface area (Å²) in [7, 11) is 0. The molecule has 37 heavy (non-hydrogen) atoms. The Labute approximate surface area is 227 Å². The molecule has 0 aromatic heterocycles.